The molecule has 0 radical (unpaired) electrons. The largest absolute Gasteiger partial charge is 0.471 e. The van der Waals surface area contributed by atoms with E-state index in [1.54, 1.807) is 12.1 Å². The molecule has 2 fully saturated rings. The average molecular weight is 291 g/mol. The maximum Gasteiger partial charge on any atom is 0.254 e. The van der Waals surface area contributed by atoms with Gasteiger partial charge in [0, 0.05) is 12.1 Å². The maximum absolute atomic E-state index is 11.5. The van der Waals surface area contributed by atoms with Crippen molar-refractivity contribution in [2.75, 3.05) is 19.7 Å². The lowest BCUT2D eigenvalue weighted by Crippen LogP contribution is -2.41. The molecule has 0 bridgehead atoms. The van der Waals surface area contributed by atoms with Crippen LogP contribution in [0.5, 0.6) is 5.88 Å². The Labute approximate surface area is 124 Å². The number of nitrogens with one attached hydrogen (secondary N) is 1. The molecule has 2 aliphatic rings. The van der Waals surface area contributed by atoms with Crippen LogP contribution in [0.2, 0.25) is 0 Å². The Balaban J connectivity index is 1.73. The van der Waals surface area contributed by atoms with Gasteiger partial charge in [0.2, 0.25) is 5.88 Å². The van der Waals surface area contributed by atoms with Gasteiger partial charge in [-0.3, -0.25) is 4.79 Å². The zero-order valence-corrected chi connectivity index (χ0v) is 12.2. The fraction of sp³-hybridized carbons (Fsp3) is 0.600. The molecule has 1 amide bonds. The molecule has 1 atom stereocenters. The molecule has 21 heavy (non-hydrogen) atoms. The van der Waals surface area contributed by atoms with Crippen LogP contribution in [0.25, 0.3) is 0 Å². The van der Waals surface area contributed by atoms with Gasteiger partial charge in [-0.1, -0.05) is 0 Å². The standard InChI is InChI=1S/C15H21N3O3/c1-10-2-3-12(13(16)19)14(18-10)21-11-8-15(20-9-11)4-6-17-7-5-15/h2-3,11,17H,4-9H2,1H3,(H2,16,19). The summed E-state index contributed by atoms with van der Waals surface area (Å²) in [5.74, 6) is -0.199. The molecule has 1 aromatic rings. The maximum atomic E-state index is 11.5. The zero-order valence-electron chi connectivity index (χ0n) is 12.2. The molecule has 3 heterocycles. The van der Waals surface area contributed by atoms with Gasteiger partial charge in [0.15, 0.2) is 0 Å². The molecule has 1 spiro atoms. The van der Waals surface area contributed by atoms with Crippen molar-refractivity contribution in [1.29, 1.82) is 0 Å². The Morgan fingerprint density at radius 2 is 2.24 bits per heavy atom. The molecule has 3 rings (SSSR count). The minimum atomic E-state index is -0.520. The highest BCUT2D eigenvalue weighted by molar-refractivity contribution is 5.95. The third-order valence-corrected chi connectivity index (χ3v) is 4.23. The Morgan fingerprint density at radius 3 is 2.95 bits per heavy atom. The number of aromatic nitrogens is 1. The number of ether oxygens (including phenoxy) is 2. The topological polar surface area (TPSA) is 86.5 Å². The first-order chi connectivity index (χ1) is 10.1. The van der Waals surface area contributed by atoms with Gasteiger partial charge in [-0.25, -0.2) is 4.98 Å². The molecular weight excluding hydrogens is 270 g/mol. The Hall–Kier alpha value is -1.66. The van der Waals surface area contributed by atoms with E-state index in [0.717, 1.165) is 38.0 Å². The molecule has 2 saturated heterocycles. The molecule has 3 N–H and O–H groups in total. The summed E-state index contributed by atoms with van der Waals surface area (Å²) < 4.78 is 11.9. The smallest absolute Gasteiger partial charge is 0.254 e. The van der Waals surface area contributed by atoms with Crippen molar-refractivity contribution in [1.82, 2.24) is 10.3 Å². The fourth-order valence-electron chi connectivity index (χ4n) is 3.08. The number of hydrogen-bond donors (Lipinski definition) is 2. The lowest BCUT2D eigenvalue weighted by atomic mass is 9.89. The number of aryl methyl sites for hydroxylation is 1. The summed E-state index contributed by atoms with van der Waals surface area (Å²) in [5.41, 5.74) is 6.42. The van der Waals surface area contributed by atoms with Gasteiger partial charge >= 0.3 is 0 Å². The summed E-state index contributed by atoms with van der Waals surface area (Å²) in [6, 6.07) is 3.42. The van der Waals surface area contributed by atoms with Crippen molar-refractivity contribution in [3.8, 4) is 5.88 Å². The van der Waals surface area contributed by atoms with E-state index in [9.17, 15) is 4.79 Å². The van der Waals surface area contributed by atoms with Crippen molar-refractivity contribution in [2.24, 2.45) is 5.73 Å². The van der Waals surface area contributed by atoms with Crippen LogP contribution in [-0.2, 0) is 4.74 Å². The Morgan fingerprint density at radius 1 is 1.48 bits per heavy atom. The van der Waals surface area contributed by atoms with Crippen molar-refractivity contribution in [3.05, 3.63) is 23.4 Å². The summed E-state index contributed by atoms with van der Waals surface area (Å²) >= 11 is 0. The number of carbonyl (C=O) groups is 1. The second-order valence-electron chi connectivity index (χ2n) is 5.86. The molecule has 0 aliphatic carbocycles. The van der Waals surface area contributed by atoms with Gasteiger partial charge in [0.05, 0.1) is 12.2 Å². The van der Waals surface area contributed by atoms with Crippen molar-refractivity contribution >= 4 is 5.91 Å². The van der Waals surface area contributed by atoms with E-state index in [1.165, 1.54) is 0 Å². The van der Waals surface area contributed by atoms with Gasteiger partial charge in [-0.05, 0) is 45.0 Å². The highest BCUT2D eigenvalue weighted by Gasteiger charge is 2.42. The predicted octanol–water partition coefficient (Wildman–Crippen LogP) is 0.779. The molecule has 6 heteroatoms. The highest BCUT2D eigenvalue weighted by atomic mass is 16.6. The summed E-state index contributed by atoms with van der Waals surface area (Å²) in [7, 11) is 0. The van der Waals surface area contributed by atoms with Crippen LogP contribution in [0.15, 0.2) is 12.1 Å². The molecular formula is C15H21N3O3. The zero-order chi connectivity index (χ0) is 14.9. The molecule has 1 aromatic heterocycles. The van der Waals surface area contributed by atoms with E-state index in [-0.39, 0.29) is 11.7 Å². The van der Waals surface area contributed by atoms with E-state index >= 15 is 0 Å². The number of rotatable bonds is 3. The third-order valence-electron chi connectivity index (χ3n) is 4.23. The summed E-state index contributed by atoms with van der Waals surface area (Å²) in [5, 5.41) is 3.34. The molecule has 0 aromatic carbocycles. The Bertz CT molecular complexity index is 541. The minimum Gasteiger partial charge on any atom is -0.471 e. The van der Waals surface area contributed by atoms with E-state index < -0.39 is 5.91 Å². The van der Waals surface area contributed by atoms with E-state index in [1.807, 2.05) is 6.92 Å². The number of nitrogens with zero attached hydrogens (tertiary/aromatic N) is 1. The number of primary amides is 1. The van der Waals surface area contributed by atoms with Crippen molar-refractivity contribution < 1.29 is 14.3 Å². The van der Waals surface area contributed by atoms with Gasteiger partial charge in [-0.2, -0.15) is 0 Å². The quantitative estimate of drug-likeness (QED) is 0.859. The third kappa shape index (κ3) is 3.01. The molecule has 1 unspecified atom stereocenters. The number of hydrogen-bond acceptors (Lipinski definition) is 5. The lowest BCUT2D eigenvalue weighted by Gasteiger charge is -2.32. The number of carbonyl (C=O) groups excluding carboxylic acids is 1. The summed E-state index contributed by atoms with van der Waals surface area (Å²) in [4.78, 5) is 15.8. The van der Waals surface area contributed by atoms with Crippen molar-refractivity contribution in [3.63, 3.8) is 0 Å². The second kappa shape index (κ2) is 5.61. The molecule has 2 aliphatic heterocycles. The average Bonchev–Trinajstić information content (AvgIpc) is 2.82. The van der Waals surface area contributed by atoms with E-state index in [2.05, 4.69) is 10.3 Å². The van der Waals surface area contributed by atoms with Gasteiger partial charge in [0.25, 0.3) is 5.91 Å². The van der Waals surface area contributed by atoms with E-state index in [0.29, 0.717) is 18.1 Å². The number of nitrogens with two attached hydrogens (primary N) is 1. The van der Waals surface area contributed by atoms with Gasteiger partial charge in [-0.15, -0.1) is 0 Å². The first kappa shape index (κ1) is 14.3. The van der Waals surface area contributed by atoms with Crippen LogP contribution < -0.4 is 15.8 Å². The number of pyridine rings is 1. The van der Waals surface area contributed by atoms with Gasteiger partial charge in [0.1, 0.15) is 11.7 Å². The lowest BCUT2D eigenvalue weighted by molar-refractivity contribution is -0.0206. The molecule has 6 nitrogen and oxygen atoms in total. The van der Waals surface area contributed by atoms with Crippen molar-refractivity contribution in [2.45, 2.75) is 37.9 Å². The van der Waals surface area contributed by atoms with Crippen LogP contribution in [0, 0.1) is 6.92 Å². The van der Waals surface area contributed by atoms with E-state index in [4.69, 9.17) is 15.2 Å². The Kier molecular flexibility index (Phi) is 3.82. The van der Waals surface area contributed by atoms with Crippen LogP contribution in [0.4, 0.5) is 0 Å². The molecule has 114 valence electrons. The fourth-order valence-corrected chi connectivity index (χ4v) is 3.08. The SMILES string of the molecule is Cc1ccc(C(N)=O)c(OC2COC3(CCNCC3)C2)n1. The summed E-state index contributed by atoms with van der Waals surface area (Å²) in [6.45, 7) is 4.34. The first-order valence-corrected chi connectivity index (χ1v) is 7.37. The minimum absolute atomic E-state index is 0.0736. The monoisotopic (exact) mass is 291 g/mol. The van der Waals surface area contributed by atoms with Crippen LogP contribution in [0.1, 0.15) is 35.3 Å². The molecule has 0 saturated carbocycles. The number of piperidine rings is 1. The predicted molar refractivity (Wildman–Crippen MR) is 77.3 cm³/mol. The van der Waals surface area contributed by atoms with Gasteiger partial charge < -0.3 is 20.5 Å². The number of amides is 1. The normalized spacial score (nSPS) is 24.1. The van der Waals surface area contributed by atoms with Crippen LogP contribution in [0.3, 0.4) is 0 Å². The first-order valence-electron chi connectivity index (χ1n) is 7.37. The second-order valence-corrected chi connectivity index (χ2v) is 5.86. The highest BCUT2D eigenvalue weighted by Crippen LogP contribution is 2.35. The van der Waals surface area contributed by atoms with Crippen LogP contribution >= 0.6 is 0 Å². The summed E-state index contributed by atoms with van der Waals surface area (Å²) in [6.07, 6.45) is 2.76. The van der Waals surface area contributed by atoms with Crippen LogP contribution in [-0.4, -0.2) is 42.3 Å².